The summed E-state index contributed by atoms with van der Waals surface area (Å²) in [6.45, 7) is 6.23. The van der Waals surface area contributed by atoms with Gasteiger partial charge in [0.2, 0.25) is 0 Å². The molecule has 0 atom stereocenters. The molecule has 0 saturated carbocycles. The molecule has 6 aromatic carbocycles. The maximum absolute atomic E-state index is 5.96. The molecule has 8 aromatic rings. The zero-order chi connectivity index (χ0) is 52.2. The van der Waals surface area contributed by atoms with Crippen LogP contribution in [0.15, 0.2) is 194 Å². The number of nitrogens with zero attached hydrogens (tertiary/aromatic N) is 4. The first-order valence-corrected chi connectivity index (χ1v) is 25.6. The van der Waals surface area contributed by atoms with Gasteiger partial charge < -0.3 is 47.7 Å². The molecule has 8 rings (SSSR count). The molecule has 76 heavy (non-hydrogen) atoms. The summed E-state index contributed by atoms with van der Waals surface area (Å²) in [4.78, 5) is 13.9. The molecule has 0 bridgehead atoms. The molecule has 0 aliphatic rings. The van der Waals surface area contributed by atoms with Gasteiger partial charge in [-0.05, 0) is 144 Å². The first kappa shape index (κ1) is 54.3. The first-order chi connectivity index (χ1) is 37.6. The quantitative estimate of drug-likeness (QED) is 0.0386. The Bertz CT molecular complexity index is 2750. The molecule has 390 valence electrons. The zero-order valence-electron chi connectivity index (χ0n) is 43.3. The Balaban J connectivity index is 0.862. The molecule has 0 N–H and O–H groups in total. The van der Waals surface area contributed by atoms with Crippen molar-refractivity contribution in [1.82, 2.24) is 9.97 Å². The van der Waals surface area contributed by atoms with Crippen LogP contribution >= 0.6 is 0 Å². The number of pyridine rings is 2. The van der Waals surface area contributed by atoms with E-state index in [4.69, 9.17) is 47.9 Å². The number of anilines is 6. The van der Waals surface area contributed by atoms with E-state index < -0.39 is 0 Å². The van der Waals surface area contributed by atoms with Gasteiger partial charge >= 0.3 is 0 Å². The lowest BCUT2D eigenvalue weighted by atomic mass is 10.1. The normalized spacial score (nSPS) is 11.3. The summed E-state index contributed by atoms with van der Waals surface area (Å²) in [6.07, 6.45) is 12.1. The molecular formula is C64H66N4O8. The number of hydrogen-bond acceptors (Lipinski definition) is 12. The highest BCUT2D eigenvalue weighted by molar-refractivity contribution is 5.80. The van der Waals surface area contributed by atoms with Gasteiger partial charge in [0.05, 0.1) is 77.5 Å². The predicted molar refractivity (Wildman–Crippen MR) is 306 cm³/mol. The van der Waals surface area contributed by atoms with Crippen molar-refractivity contribution in [2.45, 2.75) is 0 Å². The summed E-state index contributed by atoms with van der Waals surface area (Å²) in [5.74, 6) is 1.56. The van der Waals surface area contributed by atoms with Gasteiger partial charge in [-0.25, -0.2) is 0 Å². The SMILES string of the molecule is COCCOCCOCCOc1ccc(N(c2ccccc2)c2ccc(/C=C/c3ccnc(-c4cc(/C=C/c5ccc(N(c6ccccc6)c6ccc(OCCOCCOCCOC)cc6)cc5)ccn4)c3)cc2)cc1. The van der Waals surface area contributed by atoms with Crippen molar-refractivity contribution in [2.75, 3.05) is 103 Å². The van der Waals surface area contributed by atoms with Gasteiger partial charge in [0.1, 0.15) is 24.7 Å². The van der Waals surface area contributed by atoms with E-state index in [1.807, 2.05) is 60.9 Å². The topological polar surface area (TPSA) is 106 Å². The molecule has 0 unspecified atom stereocenters. The maximum atomic E-state index is 5.96. The minimum Gasteiger partial charge on any atom is -0.491 e. The van der Waals surface area contributed by atoms with Crippen molar-refractivity contribution in [3.63, 3.8) is 0 Å². The molecule has 2 heterocycles. The molecule has 0 spiro atoms. The number of aromatic nitrogens is 2. The maximum Gasteiger partial charge on any atom is 0.119 e. The molecule has 0 saturated heterocycles. The number of benzene rings is 6. The molecule has 0 fully saturated rings. The highest BCUT2D eigenvalue weighted by Gasteiger charge is 2.14. The lowest BCUT2D eigenvalue weighted by Gasteiger charge is -2.25. The third kappa shape index (κ3) is 17.1. The van der Waals surface area contributed by atoms with Crippen molar-refractivity contribution in [3.05, 3.63) is 217 Å². The van der Waals surface area contributed by atoms with Crippen molar-refractivity contribution in [1.29, 1.82) is 0 Å². The molecule has 12 nitrogen and oxygen atoms in total. The van der Waals surface area contributed by atoms with Crippen LogP contribution in [0.5, 0.6) is 11.5 Å². The van der Waals surface area contributed by atoms with Crippen molar-refractivity contribution in [2.24, 2.45) is 0 Å². The van der Waals surface area contributed by atoms with Crippen molar-refractivity contribution >= 4 is 58.4 Å². The largest absolute Gasteiger partial charge is 0.491 e. The van der Waals surface area contributed by atoms with Gasteiger partial charge in [-0.3, -0.25) is 9.97 Å². The fraction of sp³-hybridized carbons (Fsp3) is 0.219. The van der Waals surface area contributed by atoms with Gasteiger partial charge in [-0.1, -0.05) is 85.0 Å². The molecule has 12 heteroatoms. The summed E-state index contributed by atoms with van der Waals surface area (Å²) in [6, 6.07) is 62.2. The van der Waals surface area contributed by atoms with Crippen molar-refractivity contribution < 1.29 is 37.9 Å². The van der Waals surface area contributed by atoms with Gasteiger partial charge in [0, 0.05) is 60.7 Å². The van der Waals surface area contributed by atoms with Crippen LogP contribution in [-0.4, -0.2) is 103 Å². The first-order valence-electron chi connectivity index (χ1n) is 25.6. The Kier molecular flexibility index (Phi) is 21.8. The standard InChI is InChI=1S/C64H66N4O8/c1-69-37-39-71-41-43-73-45-47-75-61-29-25-59(26-30-61)67(55-9-5-3-6-10-55)57-21-17-51(18-22-57)13-15-53-33-35-65-63(49-53)64-50-54(34-36-66-64)16-14-52-19-23-58(24-20-52)68(56-11-7-4-8-12-56)60-27-31-62(32-28-60)76-48-46-74-44-42-72-40-38-70-2/h3-36,49-50H,37-48H2,1-2H3/b15-13+,16-14+. The second kappa shape index (κ2) is 30.4. The zero-order valence-corrected chi connectivity index (χ0v) is 43.3. The van der Waals surface area contributed by atoms with Crippen LogP contribution in [0.1, 0.15) is 22.3 Å². The minimum absolute atomic E-state index is 0.452. The summed E-state index contributed by atoms with van der Waals surface area (Å²) >= 11 is 0. The monoisotopic (exact) mass is 1020 g/mol. The van der Waals surface area contributed by atoms with Gasteiger partial charge in [0.25, 0.3) is 0 Å². The molecule has 0 radical (unpaired) electrons. The molecule has 0 amide bonds. The summed E-state index contributed by atoms with van der Waals surface area (Å²) in [7, 11) is 3.31. The Hall–Kier alpha value is -7.94. The number of hydrogen-bond donors (Lipinski definition) is 0. The highest BCUT2D eigenvalue weighted by atomic mass is 16.6. The Morgan fingerprint density at radius 1 is 0.316 bits per heavy atom. The Labute approximate surface area is 447 Å². The predicted octanol–water partition coefficient (Wildman–Crippen LogP) is 13.5. The minimum atomic E-state index is 0.452. The Morgan fingerprint density at radius 3 is 0.974 bits per heavy atom. The van der Waals surface area contributed by atoms with E-state index in [0.717, 1.165) is 79.3 Å². The van der Waals surface area contributed by atoms with Crippen LogP contribution in [-0.2, 0) is 28.4 Å². The van der Waals surface area contributed by atoms with E-state index in [1.165, 1.54) is 0 Å². The van der Waals surface area contributed by atoms with Crippen LogP contribution < -0.4 is 19.3 Å². The van der Waals surface area contributed by atoms with Crippen LogP contribution in [0.2, 0.25) is 0 Å². The van der Waals surface area contributed by atoms with E-state index >= 15 is 0 Å². The molecular weight excluding hydrogens is 953 g/mol. The number of methoxy groups -OCH3 is 2. The summed E-state index contributed by atoms with van der Waals surface area (Å²) in [5.41, 5.74) is 12.0. The fourth-order valence-electron chi connectivity index (χ4n) is 8.03. The van der Waals surface area contributed by atoms with Gasteiger partial charge in [-0.15, -0.1) is 0 Å². The van der Waals surface area contributed by atoms with Crippen molar-refractivity contribution in [3.8, 4) is 22.9 Å². The van der Waals surface area contributed by atoms with E-state index in [9.17, 15) is 0 Å². The van der Waals surface area contributed by atoms with E-state index in [2.05, 4.69) is 168 Å². The highest BCUT2D eigenvalue weighted by Crippen LogP contribution is 2.37. The molecule has 2 aromatic heterocycles. The lowest BCUT2D eigenvalue weighted by Crippen LogP contribution is -2.12. The van der Waals surface area contributed by atoms with Crippen LogP contribution in [0.3, 0.4) is 0 Å². The number of para-hydroxylation sites is 2. The van der Waals surface area contributed by atoms with Gasteiger partial charge in [0.15, 0.2) is 0 Å². The van der Waals surface area contributed by atoms with E-state index in [-0.39, 0.29) is 0 Å². The van der Waals surface area contributed by atoms with Crippen LogP contribution in [0.25, 0.3) is 35.7 Å². The van der Waals surface area contributed by atoms with Crippen LogP contribution in [0, 0.1) is 0 Å². The third-order valence-corrected chi connectivity index (χ3v) is 11.9. The second-order valence-corrected chi connectivity index (χ2v) is 17.3. The average molecular weight is 1020 g/mol. The van der Waals surface area contributed by atoms with E-state index in [0.29, 0.717) is 79.3 Å². The number of ether oxygens (including phenoxy) is 8. The third-order valence-electron chi connectivity index (χ3n) is 11.9. The Morgan fingerprint density at radius 2 is 0.618 bits per heavy atom. The summed E-state index contributed by atoms with van der Waals surface area (Å²) in [5, 5.41) is 0. The number of rotatable bonds is 31. The smallest absolute Gasteiger partial charge is 0.119 e. The van der Waals surface area contributed by atoms with E-state index in [1.54, 1.807) is 14.2 Å². The summed E-state index contributed by atoms with van der Waals surface area (Å²) < 4.78 is 44.1. The molecule has 0 aliphatic heterocycles. The van der Waals surface area contributed by atoms with Crippen LogP contribution in [0.4, 0.5) is 34.1 Å². The second-order valence-electron chi connectivity index (χ2n) is 17.3. The average Bonchev–Trinajstić information content (AvgIpc) is 3.48. The lowest BCUT2D eigenvalue weighted by molar-refractivity contribution is 0.0180. The van der Waals surface area contributed by atoms with Gasteiger partial charge in [-0.2, -0.15) is 0 Å². The fourth-order valence-corrected chi connectivity index (χ4v) is 8.03. The molecule has 0 aliphatic carbocycles.